The van der Waals surface area contributed by atoms with Gasteiger partial charge in [-0.15, -0.1) is 0 Å². The summed E-state index contributed by atoms with van der Waals surface area (Å²) in [5.74, 6) is 0.162. The van der Waals surface area contributed by atoms with Crippen molar-refractivity contribution in [3.8, 4) is 11.5 Å². The molecule has 0 aliphatic rings. The zero-order chi connectivity index (χ0) is 13.8. The maximum Gasteiger partial charge on any atom is 0.422 e. The molecule has 0 bridgehead atoms. The van der Waals surface area contributed by atoms with Gasteiger partial charge >= 0.3 is 6.18 Å². The Balaban J connectivity index is 3.04. The summed E-state index contributed by atoms with van der Waals surface area (Å²) in [5.41, 5.74) is 0.596. The maximum atomic E-state index is 12.0. The zero-order valence-corrected chi connectivity index (χ0v) is 9.67. The Morgan fingerprint density at radius 2 is 2.00 bits per heavy atom. The monoisotopic (exact) mass is 261 g/mol. The molecule has 0 amide bonds. The number of aryl methyl sites for hydroxylation is 1. The van der Waals surface area contributed by atoms with Gasteiger partial charge in [0, 0.05) is 6.07 Å². The molecule has 0 saturated heterocycles. The molecule has 0 saturated carbocycles. The predicted octanol–water partition coefficient (Wildman–Crippen LogP) is 2.91. The van der Waals surface area contributed by atoms with Gasteiger partial charge in [-0.25, -0.2) is 4.79 Å². The first-order chi connectivity index (χ1) is 8.37. The molecule has 4 nitrogen and oxygen atoms in total. The van der Waals surface area contributed by atoms with E-state index in [1.807, 2.05) is 0 Å². The van der Waals surface area contributed by atoms with Gasteiger partial charge in [-0.3, -0.25) is 0 Å². The Morgan fingerprint density at radius 3 is 2.50 bits per heavy atom. The quantitative estimate of drug-likeness (QED) is 0.618. The molecule has 7 heteroatoms. The third-order valence-corrected chi connectivity index (χ3v) is 2.03. The summed E-state index contributed by atoms with van der Waals surface area (Å²) in [6.07, 6.45) is -3.08. The van der Waals surface area contributed by atoms with Crippen LogP contribution in [0.2, 0.25) is 0 Å². The largest absolute Gasteiger partial charge is 0.494 e. The molecule has 0 atom stereocenters. The van der Waals surface area contributed by atoms with Crippen molar-refractivity contribution >= 4 is 11.8 Å². The number of aliphatic imine (C=N–C) groups is 1. The number of nitrogens with zero attached hydrogens (tertiary/aromatic N) is 1. The van der Waals surface area contributed by atoms with Crippen LogP contribution in [0.3, 0.4) is 0 Å². The van der Waals surface area contributed by atoms with Crippen molar-refractivity contribution in [1.29, 1.82) is 0 Å². The van der Waals surface area contributed by atoms with Crippen molar-refractivity contribution in [2.24, 2.45) is 4.99 Å². The van der Waals surface area contributed by atoms with Gasteiger partial charge < -0.3 is 9.47 Å². The van der Waals surface area contributed by atoms with Crippen molar-refractivity contribution < 1.29 is 27.4 Å². The highest BCUT2D eigenvalue weighted by atomic mass is 19.4. The van der Waals surface area contributed by atoms with E-state index in [0.29, 0.717) is 5.56 Å². The molecule has 1 rings (SSSR count). The predicted molar refractivity (Wildman–Crippen MR) is 57.1 cm³/mol. The number of alkyl halides is 3. The van der Waals surface area contributed by atoms with E-state index >= 15 is 0 Å². The number of hydrogen-bond donors (Lipinski definition) is 0. The lowest BCUT2D eigenvalue weighted by Crippen LogP contribution is -2.19. The molecule has 1 aromatic carbocycles. The van der Waals surface area contributed by atoms with Crippen LogP contribution in [-0.2, 0) is 4.79 Å². The van der Waals surface area contributed by atoms with Gasteiger partial charge in [0.15, 0.2) is 6.61 Å². The molecule has 1 aromatic rings. The van der Waals surface area contributed by atoms with Crippen molar-refractivity contribution in [2.45, 2.75) is 13.1 Å². The fraction of sp³-hybridized carbons (Fsp3) is 0.364. The van der Waals surface area contributed by atoms with Crippen molar-refractivity contribution in [2.75, 3.05) is 13.7 Å². The molecule has 0 fully saturated rings. The summed E-state index contributed by atoms with van der Waals surface area (Å²) in [7, 11) is 1.31. The van der Waals surface area contributed by atoms with Crippen LogP contribution in [0.4, 0.5) is 18.9 Å². The minimum absolute atomic E-state index is 0.0222. The number of rotatable bonds is 4. The van der Waals surface area contributed by atoms with Gasteiger partial charge in [-0.1, -0.05) is 0 Å². The van der Waals surface area contributed by atoms with Gasteiger partial charge in [-0.2, -0.15) is 18.2 Å². The summed E-state index contributed by atoms with van der Waals surface area (Å²) in [6.45, 7) is 0.141. The lowest BCUT2D eigenvalue weighted by molar-refractivity contribution is -0.153. The summed E-state index contributed by atoms with van der Waals surface area (Å²) in [6, 6.07) is 2.63. The number of benzene rings is 1. The van der Waals surface area contributed by atoms with Crippen molar-refractivity contribution in [3.63, 3.8) is 0 Å². The van der Waals surface area contributed by atoms with Crippen LogP contribution in [-0.4, -0.2) is 26.0 Å². The number of carbonyl (C=O) groups excluding carboxylic acids is 1. The third-order valence-electron chi connectivity index (χ3n) is 2.03. The zero-order valence-electron chi connectivity index (χ0n) is 9.67. The smallest absolute Gasteiger partial charge is 0.422 e. The Kier molecular flexibility index (Phi) is 4.33. The van der Waals surface area contributed by atoms with Crippen LogP contribution in [0.5, 0.6) is 11.5 Å². The van der Waals surface area contributed by atoms with E-state index in [4.69, 9.17) is 4.74 Å². The van der Waals surface area contributed by atoms with E-state index in [2.05, 4.69) is 9.73 Å². The lowest BCUT2D eigenvalue weighted by Gasteiger charge is -2.13. The first-order valence-electron chi connectivity index (χ1n) is 4.83. The van der Waals surface area contributed by atoms with Gasteiger partial charge in [-0.05, 0) is 18.6 Å². The second-order valence-corrected chi connectivity index (χ2v) is 3.40. The van der Waals surface area contributed by atoms with Crippen LogP contribution >= 0.6 is 0 Å². The summed E-state index contributed by atoms with van der Waals surface area (Å²) in [5, 5.41) is 0. The second-order valence-electron chi connectivity index (χ2n) is 3.40. The molecule has 0 heterocycles. The van der Waals surface area contributed by atoms with E-state index in [-0.39, 0.29) is 17.2 Å². The molecule has 98 valence electrons. The number of halogens is 3. The first kappa shape index (κ1) is 14.1. The highest BCUT2D eigenvalue weighted by Crippen LogP contribution is 2.34. The van der Waals surface area contributed by atoms with Crippen molar-refractivity contribution in [3.05, 3.63) is 17.7 Å². The van der Waals surface area contributed by atoms with E-state index in [1.54, 1.807) is 0 Å². The number of isocyanates is 1. The minimum Gasteiger partial charge on any atom is -0.494 e. The Bertz CT molecular complexity index is 479. The fourth-order valence-electron chi connectivity index (χ4n) is 1.27. The van der Waals surface area contributed by atoms with Gasteiger partial charge in [0.1, 0.15) is 17.2 Å². The third kappa shape index (κ3) is 3.78. The fourth-order valence-corrected chi connectivity index (χ4v) is 1.27. The van der Waals surface area contributed by atoms with Gasteiger partial charge in [0.25, 0.3) is 0 Å². The van der Waals surface area contributed by atoms with E-state index in [1.165, 1.54) is 32.2 Å². The van der Waals surface area contributed by atoms with Crippen LogP contribution in [0.15, 0.2) is 17.1 Å². The SMILES string of the molecule is COc1cc(OCC(F)(F)F)c(C)cc1N=C=O. The molecule has 18 heavy (non-hydrogen) atoms. The number of ether oxygens (including phenoxy) is 2. The first-order valence-corrected chi connectivity index (χ1v) is 4.83. The Hall–Kier alpha value is -2.01. The average molecular weight is 261 g/mol. The van der Waals surface area contributed by atoms with Crippen LogP contribution in [0.1, 0.15) is 5.56 Å². The molecule has 0 aliphatic heterocycles. The highest BCUT2D eigenvalue weighted by molar-refractivity contribution is 5.62. The molecular weight excluding hydrogens is 251 g/mol. The molecule has 0 radical (unpaired) electrons. The minimum atomic E-state index is -4.42. The normalized spacial score (nSPS) is 10.7. The van der Waals surface area contributed by atoms with E-state index in [9.17, 15) is 18.0 Å². The number of methoxy groups -OCH3 is 1. The average Bonchev–Trinajstić information content (AvgIpc) is 2.27. The Morgan fingerprint density at radius 1 is 1.33 bits per heavy atom. The van der Waals surface area contributed by atoms with Crippen LogP contribution in [0, 0.1) is 6.92 Å². The summed E-state index contributed by atoms with van der Waals surface area (Å²) >= 11 is 0. The lowest BCUT2D eigenvalue weighted by atomic mass is 10.2. The van der Waals surface area contributed by atoms with Gasteiger partial charge in [0.2, 0.25) is 6.08 Å². The topological polar surface area (TPSA) is 47.9 Å². The van der Waals surface area contributed by atoms with E-state index in [0.717, 1.165) is 0 Å². The maximum absolute atomic E-state index is 12.0. The summed E-state index contributed by atoms with van der Waals surface area (Å²) in [4.78, 5) is 13.5. The molecular formula is C11H10F3NO3. The molecule has 0 aliphatic carbocycles. The van der Waals surface area contributed by atoms with Gasteiger partial charge in [0.05, 0.1) is 7.11 Å². The molecule has 0 N–H and O–H groups in total. The standard InChI is InChI=1S/C11H10F3NO3/c1-7-3-8(15-6-16)10(17-2)4-9(7)18-5-11(12,13)14/h3-4H,5H2,1-2H3. The molecule has 0 spiro atoms. The van der Waals surface area contributed by atoms with E-state index < -0.39 is 12.8 Å². The van der Waals surface area contributed by atoms with Crippen molar-refractivity contribution in [1.82, 2.24) is 0 Å². The Labute approximate surface area is 101 Å². The molecule has 0 unspecified atom stereocenters. The number of hydrogen-bond acceptors (Lipinski definition) is 4. The second kappa shape index (κ2) is 5.55. The van der Waals surface area contributed by atoms with Crippen LogP contribution in [0.25, 0.3) is 0 Å². The van der Waals surface area contributed by atoms with Crippen LogP contribution < -0.4 is 9.47 Å². The highest BCUT2D eigenvalue weighted by Gasteiger charge is 2.28. The molecule has 0 aromatic heterocycles. The summed E-state index contributed by atoms with van der Waals surface area (Å²) < 4.78 is 45.6.